The average molecular weight is 362 g/mol. The third kappa shape index (κ3) is 22.3. The maximum atomic E-state index is 10.2. The van der Waals surface area contributed by atoms with Crippen LogP contribution >= 0.6 is 0 Å². The molecule has 10 heteroatoms. The molecule has 22 heavy (non-hydrogen) atoms. The van der Waals surface area contributed by atoms with E-state index in [-0.39, 0.29) is 67.1 Å². The third-order valence-corrected chi connectivity index (χ3v) is 3.60. The fourth-order valence-electron chi connectivity index (χ4n) is 1.13. The number of benzene rings is 1. The van der Waals surface area contributed by atoms with Gasteiger partial charge in [-0.3, -0.25) is 9.11 Å². The molecule has 0 aliphatic rings. The molecule has 0 atom stereocenters. The molecule has 122 valence electrons. The number of hydrogen-bond acceptors (Lipinski definition) is 5. The Hall–Kier alpha value is -0.000000000000000111. The molecule has 1 aromatic carbocycles. The van der Waals surface area contributed by atoms with E-state index in [9.17, 15) is 16.8 Å². The molecule has 0 saturated heterocycles. The summed E-state index contributed by atoms with van der Waals surface area (Å²) < 4.78 is 62.5. The van der Waals surface area contributed by atoms with Crippen LogP contribution in [0.2, 0.25) is 0 Å². The van der Waals surface area contributed by atoms with Crippen molar-refractivity contribution in [3.63, 3.8) is 0 Å². The average Bonchev–Trinajstić information content (AvgIpc) is 2.38. The van der Waals surface area contributed by atoms with Gasteiger partial charge in [-0.2, -0.15) is 53.2 Å². The number of hydrogen-bond donors (Lipinski definition) is 2. The minimum atomic E-state index is -3.96. The zero-order chi connectivity index (χ0) is 16.2. The topological polar surface area (TPSA) is 118 Å². The SMILES string of the molecule is O=S(=O)(O)CCCOCCCS(=O)(=O)O.[Na+].[c-]1ccccc1. The molecule has 0 spiro atoms. The van der Waals surface area contributed by atoms with Gasteiger partial charge in [-0.05, 0) is 12.8 Å². The second-order valence-electron chi connectivity index (χ2n) is 3.97. The fourth-order valence-corrected chi connectivity index (χ4v) is 2.10. The second kappa shape index (κ2) is 13.4. The standard InChI is InChI=1S/C6H14O7S2.C6H5.Na/c7-14(8,9)5-1-3-13-4-2-6-15(10,11)12;1-2-4-6-5-3-1;/h1-6H2,(H,7,8,9)(H,10,11,12);1-5H;/q;-1;+1. The number of ether oxygens (including phenoxy) is 1. The van der Waals surface area contributed by atoms with Gasteiger partial charge in [0.15, 0.2) is 0 Å². The van der Waals surface area contributed by atoms with Crippen LogP contribution in [0.1, 0.15) is 12.8 Å². The Kier molecular flexibility index (Phi) is 14.8. The van der Waals surface area contributed by atoms with E-state index in [0.29, 0.717) is 0 Å². The molecule has 0 heterocycles. The third-order valence-electron chi connectivity index (χ3n) is 1.99. The van der Waals surface area contributed by atoms with Crippen molar-refractivity contribution in [2.24, 2.45) is 0 Å². The van der Waals surface area contributed by atoms with Crippen LogP contribution in [0.15, 0.2) is 30.3 Å². The van der Waals surface area contributed by atoms with Gasteiger partial charge in [0, 0.05) is 13.2 Å². The molecule has 0 saturated carbocycles. The smallest absolute Gasteiger partial charge is 0.381 e. The van der Waals surface area contributed by atoms with Crippen LogP contribution in [0.3, 0.4) is 0 Å². The predicted molar refractivity (Wildman–Crippen MR) is 78.2 cm³/mol. The van der Waals surface area contributed by atoms with Crippen LogP contribution in [-0.2, 0) is 25.0 Å². The Labute approximate surface area is 153 Å². The quantitative estimate of drug-likeness (QED) is 0.239. The van der Waals surface area contributed by atoms with Crippen molar-refractivity contribution < 1.29 is 60.2 Å². The van der Waals surface area contributed by atoms with Crippen LogP contribution in [-0.4, -0.2) is 50.7 Å². The van der Waals surface area contributed by atoms with Gasteiger partial charge in [0.1, 0.15) is 0 Å². The number of rotatable bonds is 8. The zero-order valence-electron chi connectivity index (χ0n) is 12.4. The van der Waals surface area contributed by atoms with Gasteiger partial charge in [-0.25, -0.2) is 0 Å². The van der Waals surface area contributed by atoms with Crippen molar-refractivity contribution in [2.75, 3.05) is 24.7 Å². The van der Waals surface area contributed by atoms with Crippen LogP contribution < -0.4 is 29.6 Å². The predicted octanol–water partition coefficient (Wildman–Crippen LogP) is -1.95. The molecule has 7 nitrogen and oxygen atoms in total. The molecule has 0 radical (unpaired) electrons. The zero-order valence-corrected chi connectivity index (χ0v) is 16.0. The summed E-state index contributed by atoms with van der Waals surface area (Å²) in [5.41, 5.74) is 0. The van der Waals surface area contributed by atoms with Crippen LogP contribution in [0.5, 0.6) is 0 Å². The Bertz CT molecular complexity index is 496. The molecule has 0 aliphatic heterocycles. The van der Waals surface area contributed by atoms with Gasteiger partial charge >= 0.3 is 29.6 Å². The molecule has 0 aromatic heterocycles. The summed E-state index contributed by atoms with van der Waals surface area (Å²) in [6, 6.07) is 12.5. The van der Waals surface area contributed by atoms with Crippen molar-refractivity contribution in [3.8, 4) is 0 Å². The summed E-state index contributed by atoms with van der Waals surface area (Å²) in [5, 5.41) is 0. The molecule has 1 aromatic rings. The Balaban J connectivity index is 0. The second-order valence-corrected chi connectivity index (χ2v) is 7.11. The van der Waals surface area contributed by atoms with Crippen molar-refractivity contribution in [2.45, 2.75) is 12.8 Å². The summed E-state index contributed by atoms with van der Waals surface area (Å²) in [6.45, 7) is 0.233. The van der Waals surface area contributed by atoms with Gasteiger partial charge in [0.2, 0.25) is 0 Å². The van der Waals surface area contributed by atoms with Crippen molar-refractivity contribution in [1.29, 1.82) is 0 Å². The summed E-state index contributed by atoms with van der Waals surface area (Å²) in [4.78, 5) is 0. The van der Waals surface area contributed by atoms with E-state index in [1.54, 1.807) is 0 Å². The van der Waals surface area contributed by atoms with E-state index < -0.39 is 20.2 Å². The molecule has 0 bridgehead atoms. The van der Waals surface area contributed by atoms with E-state index >= 15 is 0 Å². The van der Waals surface area contributed by atoms with Crippen molar-refractivity contribution >= 4 is 20.2 Å². The summed E-state index contributed by atoms with van der Waals surface area (Å²) in [5.74, 6) is -0.767. The van der Waals surface area contributed by atoms with Crippen molar-refractivity contribution in [1.82, 2.24) is 0 Å². The van der Waals surface area contributed by atoms with Gasteiger partial charge in [-0.1, -0.05) is 0 Å². The van der Waals surface area contributed by atoms with Crippen molar-refractivity contribution in [3.05, 3.63) is 36.4 Å². The fraction of sp³-hybridized carbons (Fsp3) is 0.500. The first-order chi connectivity index (χ1) is 9.71. The van der Waals surface area contributed by atoms with Crippen LogP contribution in [0, 0.1) is 6.07 Å². The Morgan fingerprint density at radius 2 is 1.23 bits per heavy atom. The first-order valence-corrected chi connectivity index (χ1v) is 9.32. The van der Waals surface area contributed by atoms with Crippen LogP contribution in [0.4, 0.5) is 0 Å². The molecular weight excluding hydrogens is 343 g/mol. The molecule has 2 N–H and O–H groups in total. The maximum absolute atomic E-state index is 10.2. The molecule has 1 rings (SSSR count). The molecular formula is C12H19NaO7S2. The monoisotopic (exact) mass is 362 g/mol. The van der Waals surface area contributed by atoms with Gasteiger partial charge in [0.05, 0.1) is 11.5 Å². The largest absolute Gasteiger partial charge is 1.00 e. The first kappa shape index (κ1) is 24.3. The summed E-state index contributed by atoms with van der Waals surface area (Å²) in [6.07, 6.45) is 0.287. The van der Waals surface area contributed by atoms with E-state index in [2.05, 4.69) is 6.07 Å². The molecule has 0 aliphatic carbocycles. The molecule has 0 unspecified atom stereocenters. The van der Waals surface area contributed by atoms with Gasteiger partial charge in [0.25, 0.3) is 20.2 Å². The summed E-state index contributed by atoms with van der Waals surface area (Å²) >= 11 is 0. The van der Waals surface area contributed by atoms with E-state index in [4.69, 9.17) is 13.8 Å². The first-order valence-electron chi connectivity index (χ1n) is 6.10. The normalized spacial score (nSPS) is 11.0. The van der Waals surface area contributed by atoms with Crippen LogP contribution in [0.25, 0.3) is 0 Å². The van der Waals surface area contributed by atoms with E-state index in [0.717, 1.165) is 0 Å². The molecule has 0 fully saturated rings. The maximum Gasteiger partial charge on any atom is 1.00 e. The van der Waals surface area contributed by atoms with Gasteiger partial charge < -0.3 is 4.74 Å². The molecule has 0 amide bonds. The Morgan fingerprint density at radius 3 is 1.45 bits per heavy atom. The van der Waals surface area contributed by atoms with E-state index in [1.165, 1.54) is 0 Å². The summed E-state index contributed by atoms with van der Waals surface area (Å²) in [7, 11) is -7.91. The minimum absolute atomic E-state index is 0. The Morgan fingerprint density at radius 1 is 0.818 bits per heavy atom. The van der Waals surface area contributed by atoms with Gasteiger partial charge in [-0.15, -0.1) is 0 Å². The van der Waals surface area contributed by atoms with E-state index in [1.807, 2.05) is 30.3 Å². The minimum Gasteiger partial charge on any atom is -0.381 e.